The summed E-state index contributed by atoms with van der Waals surface area (Å²) in [6, 6.07) is 5.25. The summed E-state index contributed by atoms with van der Waals surface area (Å²) in [5, 5.41) is 18.0. The Hall–Kier alpha value is -1.91. The number of rotatable bonds is 6. The van der Waals surface area contributed by atoms with E-state index < -0.39 is 0 Å². The van der Waals surface area contributed by atoms with Crippen molar-refractivity contribution >= 4 is 68.7 Å². The average Bonchev–Trinajstić information content (AvgIpc) is 3.51. The molecule has 0 fully saturated rings. The third-order valence-corrected chi connectivity index (χ3v) is 9.14. The van der Waals surface area contributed by atoms with Crippen molar-refractivity contribution in [3.63, 3.8) is 0 Å². The Balaban J connectivity index is 1.22. The van der Waals surface area contributed by atoms with E-state index in [0.29, 0.717) is 26.0 Å². The number of nitrogens with zero attached hydrogens (tertiary/aromatic N) is 4. The predicted octanol–water partition coefficient (Wildman–Crippen LogP) is 6.83. The fourth-order valence-electron chi connectivity index (χ4n) is 3.98. The SMILES string of the molecule is CC1CCc2c(-c3nnc(SCC(=O)Nc4nc(-c5ccc(Cl)cc5Cl)cs4)n3C)csc2C1. The summed E-state index contributed by atoms with van der Waals surface area (Å²) in [6.45, 7) is 2.31. The molecule has 11 heteroatoms. The molecule has 5 rings (SSSR count). The number of nitrogens with one attached hydrogen (secondary N) is 1. The summed E-state index contributed by atoms with van der Waals surface area (Å²) in [7, 11) is 1.95. The topological polar surface area (TPSA) is 72.7 Å². The van der Waals surface area contributed by atoms with Gasteiger partial charge in [0.05, 0.1) is 16.5 Å². The monoisotopic (exact) mass is 549 g/mol. The number of anilines is 1. The molecule has 4 aromatic rings. The molecule has 1 amide bonds. The van der Waals surface area contributed by atoms with Gasteiger partial charge in [0, 0.05) is 38.8 Å². The summed E-state index contributed by atoms with van der Waals surface area (Å²) in [6.07, 6.45) is 3.44. The van der Waals surface area contributed by atoms with Crippen LogP contribution in [-0.2, 0) is 24.7 Å². The van der Waals surface area contributed by atoms with Gasteiger partial charge >= 0.3 is 0 Å². The molecule has 34 heavy (non-hydrogen) atoms. The molecule has 1 atom stereocenters. The molecule has 0 radical (unpaired) electrons. The van der Waals surface area contributed by atoms with Crippen molar-refractivity contribution < 1.29 is 4.79 Å². The molecule has 0 saturated heterocycles. The highest BCUT2D eigenvalue weighted by Crippen LogP contribution is 2.38. The Morgan fingerprint density at radius 2 is 2.09 bits per heavy atom. The van der Waals surface area contributed by atoms with Crippen LogP contribution in [-0.4, -0.2) is 31.4 Å². The van der Waals surface area contributed by atoms with Crippen LogP contribution in [0.15, 0.2) is 34.1 Å². The van der Waals surface area contributed by atoms with E-state index in [1.54, 1.807) is 12.1 Å². The van der Waals surface area contributed by atoms with Crippen LogP contribution in [0.3, 0.4) is 0 Å². The Labute approximate surface area is 219 Å². The molecule has 176 valence electrons. The van der Waals surface area contributed by atoms with Crippen LogP contribution in [0.4, 0.5) is 5.13 Å². The van der Waals surface area contributed by atoms with E-state index in [2.05, 4.69) is 32.8 Å². The van der Waals surface area contributed by atoms with Crippen molar-refractivity contribution in [2.24, 2.45) is 13.0 Å². The van der Waals surface area contributed by atoms with E-state index in [1.165, 1.54) is 45.5 Å². The number of carbonyl (C=O) groups excluding carboxylic acids is 1. The minimum Gasteiger partial charge on any atom is -0.305 e. The molecule has 1 unspecified atom stereocenters. The summed E-state index contributed by atoms with van der Waals surface area (Å²) in [5.74, 6) is 1.65. The van der Waals surface area contributed by atoms with Crippen LogP contribution in [0.2, 0.25) is 10.0 Å². The standard InChI is InChI=1S/C23H21Cl2N5OS3/c1-12-3-5-14-16(9-32-19(14)7-12)21-28-29-23(30(21)2)34-11-20(31)27-22-26-18(10-33-22)15-6-4-13(24)8-17(15)25/h4,6,8-10,12H,3,5,7,11H2,1-2H3,(H,26,27,31). The van der Waals surface area contributed by atoms with E-state index >= 15 is 0 Å². The fourth-order valence-corrected chi connectivity index (χ4v) is 7.16. The van der Waals surface area contributed by atoms with Crippen molar-refractivity contribution in [1.82, 2.24) is 19.7 Å². The lowest BCUT2D eigenvalue weighted by molar-refractivity contribution is -0.113. The van der Waals surface area contributed by atoms with E-state index in [4.69, 9.17) is 23.2 Å². The molecule has 3 aromatic heterocycles. The average molecular weight is 551 g/mol. The molecular formula is C23H21Cl2N5OS3. The molecule has 1 aliphatic carbocycles. The summed E-state index contributed by atoms with van der Waals surface area (Å²) in [4.78, 5) is 18.5. The van der Waals surface area contributed by atoms with Gasteiger partial charge in [0.2, 0.25) is 5.91 Å². The first-order valence-electron chi connectivity index (χ1n) is 10.7. The molecule has 6 nitrogen and oxygen atoms in total. The van der Waals surface area contributed by atoms with E-state index in [9.17, 15) is 4.79 Å². The fraction of sp³-hybridized carbons (Fsp3) is 0.304. The van der Waals surface area contributed by atoms with Gasteiger partial charge in [-0.2, -0.15) is 0 Å². The van der Waals surface area contributed by atoms with Crippen LogP contribution in [0.25, 0.3) is 22.6 Å². The van der Waals surface area contributed by atoms with Crippen molar-refractivity contribution in [2.75, 3.05) is 11.1 Å². The summed E-state index contributed by atoms with van der Waals surface area (Å²) >= 11 is 16.8. The van der Waals surface area contributed by atoms with Gasteiger partial charge in [-0.25, -0.2) is 4.98 Å². The smallest absolute Gasteiger partial charge is 0.236 e. The first-order chi connectivity index (χ1) is 16.4. The maximum absolute atomic E-state index is 12.5. The molecule has 0 aliphatic heterocycles. The third-order valence-electron chi connectivity index (χ3n) is 5.77. The lowest BCUT2D eigenvalue weighted by Crippen LogP contribution is -2.14. The van der Waals surface area contributed by atoms with E-state index in [-0.39, 0.29) is 11.7 Å². The minimum atomic E-state index is -0.153. The molecule has 1 aromatic carbocycles. The van der Waals surface area contributed by atoms with Gasteiger partial charge in [-0.1, -0.05) is 41.9 Å². The first kappa shape index (κ1) is 23.8. The minimum absolute atomic E-state index is 0.153. The van der Waals surface area contributed by atoms with Gasteiger partial charge in [-0.15, -0.1) is 32.9 Å². The lowest BCUT2D eigenvalue weighted by atomic mass is 9.88. The maximum Gasteiger partial charge on any atom is 0.236 e. The Morgan fingerprint density at radius 1 is 1.24 bits per heavy atom. The zero-order chi connectivity index (χ0) is 23.8. The summed E-state index contributed by atoms with van der Waals surface area (Å²) in [5.41, 5.74) is 4.05. The highest BCUT2D eigenvalue weighted by molar-refractivity contribution is 7.99. The largest absolute Gasteiger partial charge is 0.305 e. The highest BCUT2D eigenvalue weighted by Gasteiger charge is 2.24. The highest BCUT2D eigenvalue weighted by atomic mass is 35.5. The van der Waals surface area contributed by atoms with Crippen LogP contribution in [0.1, 0.15) is 23.8 Å². The van der Waals surface area contributed by atoms with Crippen LogP contribution in [0, 0.1) is 5.92 Å². The number of hydrogen-bond donors (Lipinski definition) is 1. The number of benzene rings is 1. The van der Waals surface area contributed by atoms with Gasteiger partial charge in [0.1, 0.15) is 0 Å². The second kappa shape index (κ2) is 9.99. The number of fused-ring (bicyclic) bond motifs is 1. The van der Waals surface area contributed by atoms with E-state index in [1.807, 2.05) is 34.4 Å². The number of carbonyl (C=O) groups is 1. The Kier molecular flexibility index (Phi) is 7.00. The number of hydrogen-bond acceptors (Lipinski definition) is 7. The number of thioether (sulfide) groups is 1. The third kappa shape index (κ3) is 4.90. The van der Waals surface area contributed by atoms with Gasteiger partial charge in [-0.05, 0) is 48.9 Å². The van der Waals surface area contributed by atoms with Crippen molar-refractivity contribution in [3.05, 3.63) is 49.4 Å². The molecule has 3 heterocycles. The number of halogens is 2. The maximum atomic E-state index is 12.5. The van der Waals surface area contributed by atoms with Gasteiger partial charge < -0.3 is 9.88 Å². The number of thiazole rings is 1. The van der Waals surface area contributed by atoms with E-state index in [0.717, 1.165) is 30.1 Å². The van der Waals surface area contributed by atoms with Crippen LogP contribution < -0.4 is 5.32 Å². The molecule has 1 aliphatic rings. The van der Waals surface area contributed by atoms with Crippen molar-refractivity contribution in [2.45, 2.75) is 31.3 Å². The van der Waals surface area contributed by atoms with Gasteiger partial charge in [-0.3, -0.25) is 4.79 Å². The summed E-state index contributed by atoms with van der Waals surface area (Å²) < 4.78 is 1.97. The number of amides is 1. The zero-order valence-corrected chi connectivity index (χ0v) is 22.4. The molecule has 0 spiro atoms. The Bertz CT molecular complexity index is 1360. The van der Waals surface area contributed by atoms with Gasteiger partial charge in [0.15, 0.2) is 16.1 Å². The normalized spacial score (nSPS) is 15.4. The molecule has 0 bridgehead atoms. The lowest BCUT2D eigenvalue weighted by Gasteiger charge is -2.18. The quantitative estimate of drug-likeness (QED) is 0.267. The van der Waals surface area contributed by atoms with Crippen LogP contribution in [0.5, 0.6) is 0 Å². The second-order valence-corrected chi connectivity index (χ2v) is 11.9. The predicted molar refractivity (Wildman–Crippen MR) is 142 cm³/mol. The molecule has 0 saturated carbocycles. The molecule has 1 N–H and O–H groups in total. The van der Waals surface area contributed by atoms with Crippen LogP contribution >= 0.6 is 57.6 Å². The van der Waals surface area contributed by atoms with Crippen molar-refractivity contribution in [1.29, 1.82) is 0 Å². The first-order valence-corrected chi connectivity index (χ1v) is 14.2. The molecular weight excluding hydrogens is 529 g/mol. The number of thiophene rings is 1. The second-order valence-electron chi connectivity index (χ2n) is 8.26. The Morgan fingerprint density at radius 3 is 2.91 bits per heavy atom. The van der Waals surface area contributed by atoms with Crippen molar-refractivity contribution in [3.8, 4) is 22.6 Å². The van der Waals surface area contributed by atoms with Gasteiger partial charge in [0.25, 0.3) is 0 Å². The number of aromatic nitrogens is 4. The zero-order valence-electron chi connectivity index (χ0n) is 18.5.